The quantitative estimate of drug-likeness (QED) is 0.327. The summed E-state index contributed by atoms with van der Waals surface area (Å²) in [5.74, 6) is -0.564. The fourth-order valence-electron chi connectivity index (χ4n) is 2.42. The molecule has 1 heterocycles. The van der Waals surface area contributed by atoms with Crippen molar-refractivity contribution >= 4 is 40.3 Å². The number of nitro benzene ring substituents is 1. The van der Waals surface area contributed by atoms with Crippen LogP contribution in [-0.4, -0.2) is 22.0 Å². The molecule has 3 aromatic rings. The van der Waals surface area contributed by atoms with Crippen LogP contribution in [-0.2, 0) is 0 Å². The van der Waals surface area contributed by atoms with E-state index in [1.54, 1.807) is 0 Å². The number of rotatable bonds is 4. The van der Waals surface area contributed by atoms with E-state index in [4.69, 9.17) is 11.6 Å². The van der Waals surface area contributed by atoms with Gasteiger partial charge in [-0.2, -0.15) is 5.10 Å². The molecule has 8 heteroatoms. The summed E-state index contributed by atoms with van der Waals surface area (Å²) in [4.78, 5) is 26.6. The summed E-state index contributed by atoms with van der Waals surface area (Å²) in [7, 11) is 0. The van der Waals surface area contributed by atoms with Crippen molar-refractivity contribution in [1.82, 2.24) is 10.4 Å². The standard InChI is InChI=1S/C18H13ClN4O3/c1-11-4-2-5-12-8-14(17(19)21-16(11)12)10-20-22-18(24)13-6-3-7-15(9-13)23(25)26/h2-10H,1H3,(H,22,24)/b20-10-. The van der Waals surface area contributed by atoms with Gasteiger partial charge in [-0.25, -0.2) is 10.4 Å². The van der Waals surface area contributed by atoms with Crippen LogP contribution in [0.2, 0.25) is 5.15 Å². The summed E-state index contributed by atoms with van der Waals surface area (Å²) in [5.41, 5.74) is 4.64. The first kappa shape index (κ1) is 17.5. The van der Waals surface area contributed by atoms with Crippen LogP contribution in [0.5, 0.6) is 0 Å². The molecule has 0 spiro atoms. The van der Waals surface area contributed by atoms with Crippen LogP contribution in [0.3, 0.4) is 0 Å². The molecule has 1 N–H and O–H groups in total. The highest BCUT2D eigenvalue weighted by molar-refractivity contribution is 6.32. The first-order valence-corrected chi connectivity index (χ1v) is 7.97. The average molecular weight is 369 g/mol. The smallest absolute Gasteiger partial charge is 0.267 e. The predicted molar refractivity (Wildman–Crippen MR) is 99.6 cm³/mol. The Morgan fingerprint density at radius 2 is 2.04 bits per heavy atom. The Labute approximate surface area is 153 Å². The van der Waals surface area contributed by atoms with Crippen molar-refractivity contribution in [2.75, 3.05) is 0 Å². The van der Waals surface area contributed by atoms with E-state index in [-0.39, 0.29) is 16.4 Å². The van der Waals surface area contributed by atoms with Gasteiger partial charge < -0.3 is 0 Å². The summed E-state index contributed by atoms with van der Waals surface area (Å²) < 4.78 is 0. The van der Waals surface area contributed by atoms with Gasteiger partial charge in [-0.05, 0) is 24.6 Å². The number of hydrazone groups is 1. The molecule has 7 nitrogen and oxygen atoms in total. The Morgan fingerprint density at radius 1 is 1.27 bits per heavy atom. The van der Waals surface area contributed by atoms with E-state index in [2.05, 4.69) is 15.5 Å². The van der Waals surface area contributed by atoms with Crippen molar-refractivity contribution in [1.29, 1.82) is 0 Å². The summed E-state index contributed by atoms with van der Waals surface area (Å²) in [6.45, 7) is 1.94. The number of halogens is 1. The van der Waals surface area contributed by atoms with E-state index in [1.807, 2.05) is 31.2 Å². The first-order chi connectivity index (χ1) is 12.5. The Kier molecular flexibility index (Phi) is 4.90. The highest BCUT2D eigenvalue weighted by Gasteiger charge is 2.11. The number of carbonyl (C=O) groups is 1. The van der Waals surface area contributed by atoms with Crippen molar-refractivity contribution in [2.24, 2.45) is 5.10 Å². The van der Waals surface area contributed by atoms with Crippen LogP contribution in [0.4, 0.5) is 5.69 Å². The van der Waals surface area contributed by atoms with Crippen LogP contribution >= 0.6 is 11.6 Å². The number of para-hydroxylation sites is 1. The van der Waals surface area contributed by atoms with Crippen LogP contribution in [0.15, 0.2) is 53.6 Å². The molecule has 26 heavy (non-hydrogen) atoms. The van der Waals surface area contributed by atoms with E-state index in [9.17, 15) is 14.9 Å². The molecule has 0 bridgehead atoms. The second-order valence-corrected chi connectivity index (χ2v) is 5.88. The lowest BCUT2D eigenvalue weighted by molar-refractivity contribution is -0.384. The summed E-state index contributed by atoms with van der Waals surface area (Å²) in [6.07, 6.45) is 1.38. The predicted octanol–water partition coefficient (Wildman–Crippen LogP) is 3.87. The summed E-state index contributed by atoms with van der Waals surface area (Å²) >= 11 is 6.17. The number of nitro groups is 1. The highest BCUT2D eigenvalue weighted by atomic mass is 35.5. The van der Waals surface area contributed by atoms with Crippen LogP contribution in [0.1, 0.15) is 21.5 Å². The molecular weight excluding hydrogens is 356 g/mol. The van der Waals surface area contributed by atoms with Crippen molar-refractivity contribution in [3.05, 3.63) is 80.5 Å². The fourth-order valence-corrected chi connectivity index (χ4v) is 2.60. The molecule has 0 radical (unpaired) electrons. The van der Waals surface area contributed by atoms with Gasteiger partial charge in [0.1, 0.15) is 5.15 Å². The Bertz CT molecular complexity index is 1050. The SMILES string of the molecule is Cc1cccc2cc(/C=N\NC(=O)c3cccc([N+](=O)[O-])c3)c(Cl)nc12. The van der Waals surface area contributed by atoms with E-state index in [0.717, 1.165) is 16.5 Å². The zero-order chi connectivity index (χ0) is 18.7. The van der Waals surface area contributed by atoms with E-state index in [1.165, 1.54) is 30.5 Å². The molecule has 0 aliphatic carbocycles. The van der Waals surface area contributed by atoms with E-state index >= 15 is 0 Å². The molecule has 2 aromatic carbocycles. The normalized spacial score (nSPS) is 11.0. The fraction of sp³-hybridized carbons (Fsp3) is 0.0556. The molecule has 0 aliphatic heterocycles. The number of nitrogens with zero attached hydrogens (tertiary/aromatic N) is 3. The maximum atomic E-state index is 12.1. The molecule has 0 saturated carbocycles. The third-order valence-electron chi connectivity index (χ3n) is 3.72. The Hall–Kier alpha value is -3.32. The van der Waals surface area contributed by atoms with Gasteiger partial charge in [-0.15, -0.1) is 0 Å². The van der Waals surface area contributed by atoms with Crippen LogP contribution < -0.4 is 5.43 Å². The largest absolute Gasteiger partial charge is 0.271 e. The molecular formula is C18H13ClN4O3. The van der Waals surface area contributed by atoms with Crippen molar-refractivity contribution in [2.45, 2.75) is 6.92 Å². The third-order valence-corrected chi connectivity index (χ3v) is 4.02. The molecule has 0 aliphatic rings. The van der Waals surface area contributed by atoms with Gasteiger partial charge in [-0.1, -0.05) is 35.9 Å². The maximum absolute atomic E-state index is 12.1. The number of pyridine rings is 1. The van der Waals surface area contributed by atoms with Gasteiger partial charge in [0.2, 0.25) is 0 Å². The monoisotopic (exact) mass is 368 g/mol. The molecule has 130 valence electrons. The molecule has 0 unspecified atom stereocenters. The summed E-state index contributed by atoms with van der Waals surface area (Å²) in [5, 5.41) is 15.8. The zero-order valence-electron chi connectivity index (χ0n) is 13.6. The maximum Gasteiger partial charge on any atom is 0.271 e. The van der Waals surface area contributed by atoms with Crippen LogP contribution in [0.25, 0.3) is 10.9 Å². The second-order valence-electron chi connectivity index (χ2n) is 5.52. The minimum atomic E-state index is -0.567. The minimum Gasteiger partial charge on any atom is -0.267 e. The number of non-ortho nitro benzene ring substituents is 1. The Morgan fingerprint density at radius 3 is 2.81 bits per heavy atom. The molecule has 0 saturated heterocycles. The van der Waals surface area contributed by atoms with Gasteiger partial charge in [0.05, 0.1) is 16.7 Å². The summed E-state index contributed by atoms with van der Waals surface area (Å²) in [6, 6.07) is 13.0. The minimum absolute atomic E-state index is 0.134. The molecule has 0 fully saturated rings. The van der Waals surface area contributed by atoms with Gasteiger partial charge in [0.25, 0.3) is 11.6 Å². The topological polar surface area (TPSA) is 97.5 Å². The number of hydrogen-bond acceptors (Lipinski definition) is 5. The lowest BCUT2D eigenvalue weighted by atomic mass is 10.1. The number of aryl methyl sites for hydroxylation is 1. The van der Waals surface area contributed by atoms with E-state index in [0.29, 0.717) is 5.56 Å². The Balaban J connectivity index is 1.79. The molecule has 3 rings (SSSR count). The molecule has 0 atom stereocenters. The third kappa shape index (κ3) is 3.68. The van der Waals surface area contributed by atoms with Crippen molar-refractivity contribution in [3.63, 3.8) is 0 Å². The van der Waals surface area contributed by atoms with Crippen molar-refractivity contribution in [3.8, 4) is 0 Å². The number of fused-ring (bicyclic) bond motifs is 1. The number of aromatic nitrogens is 1. The molecule has 1 amide bonds. The lowest BCUT2D eigenvalue weighted by Gasteiger charge is -2.04. The van der Waals surface area contributed by atoms with Gasteiger partial charge in [0, 0.05) is 28.6 Å². The number of carbonyl (C=O) groups excluding carboxylic acids is 1. The number of nitrogens with one attached hydrogen (secondary N) is 1. The lowest BCUT2D eigenvalue weighted by Crippen LogP contribution is -2.17. The van der Waals surface area contributed by atoms with Gasteiger partial charge in [0.15, 0.2) is 0 Å². The van der Waals surface area contributed by atoms with E-state index < -0.39 is 10.8 Å². The molecule has 1 aromatic heterocycles. The first-order valence-electron chi connectivity index (χ1n) is 7.59. The number of hydrogen-bond donors (Lipinski definition) is 1. The van der Waals surface area contributed by atoms with Gasteiger partial charge in [-0.3, -0.25) is 14.9 Å². The zero-order valence-corrected chi connectivity index (χ0v) is 14.4. The average Bonchev–Trinajstić information content (AvgIpc) is 2.63. The second kappa shape index (κ2) is 7.28. The highest BCUT2D eigenvalue weighted by Crippen LogP contribution is 2.21. The van der Waals surface area contributed by atoms with Crippen molar-refractivity contribution < 1.29 is 9.72 Å². The number of amides is 1. The number of benzene rings is 2. The van der Waals surface area contributed by atoms with Gasteiger partial charge >= 0.3 is 0 Å². The van der Waals surface area contributed by atoms with Crippen LogP contribution in [0, 0.1) is 17.0 Å².